The fraction of sp³-hybridized carbons (Fsp3) is 0.455. The van der Waals surface area contributed by atoms with Gasteiger partial charge < -0.3 is 19.7 Å². The first kappa shape index (κ1) is 11.8. The van der Waals surface area contributed by atoms with Crippen LogP contribution in [-0.2, 0) is 4.74 Å². The average molecular weight is 212 g/mol. The second kappa shape index (κ2) is 6.27. The summed E-state index contributed by atoms with van der Waals surface area (Å²) in [4.78, 5) is 0. The maximum Gasteiger partial charge on any atom is 0.123 e. The molecule has 1 rings (SSSR count). The van der Waals surface area contributed by atoms with Crippen molar-refractivity contribution >= 4 is 0 Å². The molecule has 1 aromatic carbocycles. The molecule has 0 heterocycles. The number of hydrogen-bond acceptors (Lipinski definition) is 4. The summed E-state index contributed by atoms with van der Waals surface area (Å²) in [5, 5.41) is 18.6. The molecule has 0 spiro atoms. The minimum atomic E-state index is -0.549. The fourth-order valence-electron chi connectivity index (χ4n) is 1.10. The van der Waals surface area contributed by atoms with Crippen LogP contribution < -0.4 is 4.74 Å². The number of aliphatic hydroxyl groups is 1. The maximum absolute atomic E-state index is 9.44. The molecule has 84 valence electrons. The summed E-state index contributed by atoms with van der Waals surface area (Å²) < 4.78 is 10.1. The highest BCUT2D eigenvalue weighted by Gasteiger charge is 2.04. The van der Waals surface area contributed by atoms with Gasteiger partial charge in [-0.1, -0.05) is 6.07 Å². The molecule has 0 aliphatic rings. The smallest absolute Gasteiger partial charge is 0.123 e. The summed E-state index contributed by atoms with van der Waals surface area (Å²) in [7, 11) is 1.59. The van der Waals surface area contributed by atoms with E-state index < -0.39 is 6.10 Å². The van der Waals surface area contributed by atoms with Gasteiger partial charge in [0.2, 0.25) is 0 Å². The van der Waals surface area contributed by atoms with Crippen LogP contribution in [0.4, 0.5) is 0 Å². The molecule has 0 aromatic heterocycles. The van der Waals surface area contributed by atoms with Gasteiger partial charge in [0.1, 0.15) is 18.1 Å². The highest BCUT2D eigenvalue weighted by atomic mass is 16.5. The molecule has 0 aliphatic carbocycles. The summed E-state index contributed by atoms with van der Waals surface area (Å²) in [5.74, 6) is 0.699. The Hall–Kier alpha value is -1.26. The number of ether oxygens (including phenoxy) is 2. The molecular weight excluding hydrogens is 196 g/mol. The third-order valence-corrected chi connectivity index (χ3v) is 1.92. The molecule has 0 bridgehead atoms. The molecule has 0 saturated heterocycles. The lowest BCUT2D eigenvalue weighted by Gasteiger charge is -2.11. The van der Waals surface area contributed by atoms with Crippen LogP contribution in [0.15, 0.2) is 24.3 Å². The quantitative estimate of drug-likeness (QED) is 0.743. The van der Waals surface area contributed by atoms with E-state index in [1.165, 1.54) is 6.07 Å². The zero-order chi connectivity index (χ0) is 11.1. The largest absolute Gasteiger partial charge is 0.508 e. The van der Waals surface area contributed by atoms with Gasteiger partial charge in [-0.05, 0) is 18.6 Å². The summed E-state index contributed by atoms with van der Waals surface area (Å²) in [6.07, 6.45) is -0.0118. The van der Waals surface area contributed by atoms with E-state index in [1.807, 2.05) is 0 Å². The van der Waals surface area contributed by atoms with Crippen molar-refractivity contribution in [2.24, 2.45) is 0 Å². The van der Waals surface area contributed by atoms with Crippen LogP contribution in [0.25, 0.3) is 0 Å². The van der Waals surface area contributed by atoms with Crippen LogP contribution in [-0.4, -0.2) is 36.6 Å². The lowest BCUT2D eigenvalue weighted by atomic mass is 10.3. The number of aromatic hydroxyl groups is 1. The van der Waals surface area contributed by atoms with Gasteiger partial charge in [0.25, 0.3) is 0 Å². The standard InChI is InChI=1S/C11H16O4/c1-14-6-5-10(13)8-15-11-4-2-3-9(12)7-11/h2-4,7,10,12-13H,5-6,8H2,1H3. The highest BCUT2D eigenvalue weighted by molar-refractivity contribution is 5.31. The van der Waals surface area contributed by atoms with E-state index in [9.17, 15) is 5.11 Å². The van der Waals surface area contributed by atoms with Crippen molar-refractivity contribution in [3.63, 3.8) is 0 Å². The second-order valence-electron chi connectivity index (χ2n) is 3.24. The molecule has 0 saturated carbocycles. The SMILES string of the molecule is COCCC(O)COc1cccc(O)c1. The van der Waals surface area contributed by atoms with Gasteiger partial charge in [0.05, 0.1) is 6.10 Å². The van der Waals surface area contributed by atoms with Crippen molar-refractivity contribution < 1.29 is 19.7 Å². The molecule has 0 aliphatic heterocycles. The van der Waals surface area contributed by atoms with Crippen LogP contribution in [0, 0.1) is 0 Å². The molecule has 2 N–H and O–H groups in total. The number of benzene rings is 1. The van der Waals surface area contributed by atoms with Crippen molar-refractivity contribution in [3.8, 4) is 11.5 Å². The summed E-state index contributed by atoms with van der Waals surface area (Å²) in [6, 6.07) is 6.48. The van der Waals surface area contributed by atoms with Gasteiger partial charge >= 0.3 is 0 Å². The van der Waals surface area contributed by atoms with Crippen LogP contribution in [0.5, 0.6) is 11.5 Å². The topological polar surface area (TPSA) is 58.9 Å². The van der Waals surface area contributed by atoms with Gasteiger partial charge in [0, 0.05) is 19.8 Å². The van der Waals surface area contributed by atoms with E-state index in [0.717, 1.165) is 0 Å². The zero-order valence-corrected chi connectivity index (χ0v) is 8.72. The van der Waals surface area contributed by atoms with Crippen LogP contribution in [0.1, 0.15) is 6.42 Å². The Morgan fingerprint density at radius 3 is 2.87 bits per heavy atom. The Labute approximate surface area is 89.1 Å². The van der Waals surface area contributed by atoms with Gasteiger partial charge in [-0.3, -0.25) is 0 Å². The van der Waals surface area contributed by atoms with Crippen LogP contribution in [0.3, 0.4) is 0 Å². The fourth-order valence-corrected chi connectivity index (χ4v) is 1.10. The number of hydrogen-bond donors (Lipinski definition) is 2. The van der Waals surface area contributed by atoms with Crippen molar-refractivity contribution in [2.45, 2.75) is 12.5 Å². The predicted molar refractivity (Wildman–Crippen MR) is 56.1 cm³/mol. The van der Waals surface area contributed by atoms with E-state index in [-0.39, 0.29) is 12.4 Å². The molecule has 1 atom stereocenters. The first-order valence-electron chi connectivity index (χ1n) is 4.81. The molecular formula is C11H16O4. The van der Waals surface area contributed by atoms with E-state index in [0.29, 0.717) is 18.8 Å². The van der Waals surface area contributed by atoms with Gasteiger partial charge in [-0.15, -0.1) is 0 Å². The summed E-state index contributed by atoms with van der Waals surface area (Å²) >= 11 is 0. The Bertz CT molecular complexity index is 288. The molecule has 0 amide bonds. The maximum atomic E-state index is 9.44. The first-order valence-corrected chi connectivity index (χ1v) is 4.81. The Balaban J connectivity index is 2.30. The van der Waals surface area contributed by atoms with E-state index >= 15 is 0 Å². The average Bonchev–Trinajstić information content (AvgIpc) is 2.23. The van der Waals surface area contributed by atoms with E-state index in [2.05, 4.69) is 0 Å². The molecule has 1 aromatic rings. The van der Waals surface area contributed by atoms with Crippen LogP contribution in [0.2, 0.25) is 0 Å². The third kappa shape index (κ3) is 4.67. The van der Waals surface area contributed by atoms with Crippen molar-refractivity contribution in [2.75, 3.05) is 20.3 Å². The number of phenols is 1. The molecule has 0 radical (unpaired) electrons. The lowest BCUT2D eigenvalue weighted by Crippen LogP contribution is -2.19. The monoisotopic (exact) mass is 212 g/mol. The second-order valence-corrected chi connectivity index (χ2v) is 3.24. The van der Waals surface area contributed by atoms with Crippen LogP contribution >= 0.6 is 0 Å². The number of aliphatic hydroxyl groups excluding tert-OH is 1. The molecule has 0 fully saturated rings. The van der Waals surface area contributed by atoms with Crippen molar-refractivity contribution in [1.29, 1.82) is 0 Å². The molecule has 15 heavy (non-hydrogen) atoms. The molecule has 4 heteroatoms. The first-order chi connectivity index (χ1) is 7.22. The summed E-state index contributed by atoms with van der Waals surface area (Å²) in [6.45, 7) is 0.706. The minimum absolute atomic E-state index is 0.152. The minimum Gasteiger partial charge on any atom is -0.508 e. The van der Waals surface area contributed by atoms with Gasteiger partial charge in [0.15, 0.2) is 0 Å². The molecule has 1 unspecified atom stereocenters. The zero-order valence-electron chi connectivity index (χ0n) is 8.72. The van der Waals surface area contributed by atoms with Crippen molar-refractivity contribution in [1.82, 2.24) is 0 Å². The van der Waals surface area contributed by atoms with Gasteiger partial charge in [-0.2, -0.15) is 0 Å². The van der Waals surface area contributed by atoms with E-state index in [1.54, 1.807) is 25.3 Å². The van der Waals surface area contributed by atoms with Crippen molar-refractivity contribution in [3.05, 3.63) is 24.3 Å². The molecule has 4 nitrogen and oxygen atoms in total. The number of rotatable bonds is 6. The number of phenolic OH excluding ortho intramolecular Hbond substituents is 1. The lowest BCUT2D eigenvalue weighted by molar-refractivity contribution is 0.0705. The summed E-state index contributed by atoms with van der Waals surface area (Å²) in [5.41, 5.74) is 0. The van der Waals surface area contributed by atoms with E-state index in [4.69, 9.17) is 14.6 Å². The normalized spacial score (nSPS) is 12.4. The van der Waals surface area contributed by atoms with Gasteiger partial charge in [-0.25, -0.2) is 0 Å². The predicted octanol–water partition coefficient (Wildman–Crippen LogP) is 1.17. The highest BCUT2D eigenvalue weighted by Crippen LogP contribution is 2.17. The number of methoxy groups -OCH3 is 1. The third-order valence-electron chi connectivity index (χ3n) is 1.92. The Morgan fingerprint density at radius 1 is 1.40 bits per heavy atom. The Kier molecular flexibility index (Phi) is 4.93. The Morgan fingerprint density at radius 2 is 2.20 bits per heavy atom.